The monoisotopic (exact) mass is 324 g/mol. The summed E-state index contributed by atoms with van der Waals surface area (Å²) in [6, 6.07) is 8.47. The number of rotatable bonds is 5. The van der Waals surface area contributed by atoms with Gasteiger partial charge in [-0.3, -0.25) is 14.5 Å². The summed E-state index contributed by atoms with van der Waals surface area (Å²) in [4.78, 5) is 19.8. The first kappa shape index (κ1) is 15.4. The maximum absolute atomic E-state index is 13.3. The van der Waals surface area contributed by atoms with Gasteiger partial charge in [0, 0.05) is 18.4 Å². The normalized spacial score (nSPS) is 19.4. The van der Waals surface area contributed by atoms with Crippen LogP contribution in [0.4, 0.5) is 0 Å². The van der Waals surface area contributed by atoms with Gasteiger partial charge >= 0.3 is 0 Å². The van der Waals surface area contributed by atoms with Gasteiger partial charge in [0.1, 0.15) is 5.69 Å². The van der Waals surface area contributed by atoms with Gasteiger partial charge in [-0.15, -0.1) is 0 Å². The largest absolute Gasteiger partial charge is 0.326 e. The molecule has 2 aliphatic rings. The van der Waals surface area contributed by atoms with Gasteiger partial charge in [0.2, 0.25) is 0 Å². The Morgan fingerprint density at radius 2 is 1.96 bits per heavy atom. The molecule has 0 bridgehead atoms. The molecule has 0 aromatic carbocycles. The minimum atomic E-state index is -0.0156. The minimum Gasteiger partial charge on any atom is -0.326 e. The molecular formula is C19H24N4O. The van der Waals surface area contributed by atoms with Crippen molar-refractivity contribution in [1.82, 2.24) is 19.7 Å². The van der Waals surface area contributed by atoms with E-state index >= 15 is 0 Å². The molecular weight excluding hydrogens is 300 g/mol. The van der Waals surface area contributed by atoms with Crippen LogP contribution in [-0.2, 0) is 0 Å². The summed E-state index contributed by atoms with van der Waals surface area (Å²) in [7, 11) is 0. The number of carbonyl (C=O) groups is 1. The zero-order chi connectivity index (χ0) is 16.5. The van der Waals surface area contributed by atoms with E-state index in [1.54, 1.807) is 12.4 Å². The minimum absolute atomic E-state index is 0.0156. The highest BCUT2D eigenvalue weighted by Crippen LogP contribution is 2.36. The molecule has 0 unspecified atom stereocenters. The lowest BCUT2D eigenvalue weighted by Gasteiger charge is -2.29. The predicted molar refractivity (Wildman–Crippen MR) is 91.6 cm³/mol. The second-order valence-corrected chi connectivity index (χ2v) is 6.97. The van der Waals surface area contributed by atoms with Crippen LogP contribution in [0, 0.1) is 0 Å². The van der Waals surface area contributed by atoms with Gasteiger partial charge < -0.3 is 4.90 Å². The molecule has 2 saturated carbocycles. The van der Waals surface area contributed by atoms with E-state index in [1.807, 2.05) is 33.8 Å². The lowest BCUT2D eigenvalue weighted by molar-refractivity contribution is 0.0654. The second kappa shape index (κ2) is 6.38. The van der Waals surface area contributed by atoms with Gasteiger partial charge in [-0.25, -0.2) is 0 Å². The third kappa shape index (κ3) is 2.83. The molecule has 5 nitrogen and oxygen atoms in total. The van der Waals surface area contributed by atoms with Gasteiger partial charge in [0.15, 0.2) is 0 Å². The number of carbonyl (C=O) groups excluding carboxylic acids is 1. The van der Waals surface area contributed by atoms with E-state index in [1.165, 1.54) is 12.8 Å². The zero-order valence-corrected chi connectivity index (χ0v) is 14.1. The molecule has 1 atom stereocenters. The summed E-state index contributed by atoms with van der Waals surface area (Å²) in [5, 5.41) is 4.47. The number of hydrogen-bond acceptors (Lipinski definition) is 3. The zero-order valence-electron chi connectivity index (χ0n) is 14.1. The van der Waals surface area contributed by atoms with Crippen molar-refractivity contribution in [2.24, 2.45) is 0 Å². The average Bonchev–Trinajstić information content (AvgIpc) is 3.11. The average molecular weight is 324 g/mol. The van der Waals surface area contributed by atoms with Gasteiger partial charge in [-0.05, 0) is 50.8 Å². The van der Waals surface area contributed by atoms with Crippen molar-refractivity contribution in [3.8, 4) is 0 Å². The number of amides is 1. The fraction of sp³-hybridized carbons (Fsp3) is 0.526. The molecule has 2 fully saturated rings. The fourth-order valence-corrected chi connectivity index (χ4v) is 3.83. The predicted octanol–water partition coefficient (Wildman–Crippen LogP) is 3.76. The van der Waals surface area contributed by atoms with E-state index in [4.69, 9.17) is 0 Å². The summed E-state index contributed by atoms with van der Waals surface area (Å²) >= 11 is 0. The van der Waals surface area contributed by atoms with Crippen LogP contribution in [0.2, 0.25) is 0 Å². The van der Waals surface area contributed by atoms with E-state index in [-0.39, 0.29) is 11.9 Å². The van der Waals surface area contributed by atoms with E-state index in [9.17, 15) is 4.79 Å². The first-order valence-corrected chi connectivity index (χ1v) is 9.03. The highest BCUT2D eigenvalue weighted by molar-refractivity contribution is 5.93. The van der Waals surface area contributed by atoms with Crippen molar-refractivity contribution in [2.75, 3.05) is 0 Å². The van der Waals surface area contributed by atoms with Crippen LogP contribution >= 0.6 is 0 Å². The van der Waals surface area contributed by atoms with Crippen LogP contribution < -0.4 is 0 Å². The van der Waals surface area contributed by atoms with Crippen LogP contribution in [0.3, 0.4) is 0 Å². The Kier molecular flexibility index (Phi) is 4.08. The van der Waals surface area contributed by atoms with Crippen molar-refractivity contribution < 1.29 is 4.79 Å². The third-order valence-corrected chi connectivity index (χ3v) is 5.27. The number of hydrogen-bond donors (Lipinski definition) is 0. The Bertz CT molecular complexity index is 701. The van der Waals surface area contributed by atoms with E-state index < -0.39 is 0 Å². The highest BCUT2D eigenvalue weighted by atomic mass is 16.2. The molecule has 0 N–H and O–H groups in total. The van der Waals surface area contributed by atoms with Crippen LogP contribution in [0.1, 0.15) is 73.7 Å². The van der Waals surface area contributed by atoms with Crippen molar-refractivity contribution in [3.05, 3.63) is 48.0 Å². The maximum Gasteiger partial charge on any atom is 0.272 e. The van der Waals surface area contributed by atoms with Crippen LogP contribution in [0.25, 0.3) is 0 Å². The number of aromatic nitrogens is 3. The molecule has 24 heavy (non-hydrogen) atoms. The SMILES string of the molecule is C[C@H](c1ccccn1)N(C(=O)c1ccnn1C1CCCC1)C1CC1. The molecule has 0 aliphatic heterocycles. The van der Waals surface area contributed by atoms with Gasteiger partial charge in [-0.2, -0.15) is 5.10 Å². The summed E-state index contributed by atoms with van der Waals surface area (Å²) in [5.41, 5.74) is 1.68. The summed E-state index contributed by atoms with van der Waals surface area (Å²) in [5.74, 6) is 0.0973. The highest BCUT2D eigenvalue weighted by Gasteiger charge is 2.38. The van der Waals surface area contributed by atoms with Crippen LogP contribution in [-0.4, -0.2) is 31.6 Å². The Labute approximate surface area is 142 Å². The Hall–Kier alpha value is -2.17. The lowest BCUT2D eigenvalue weighted by Crippen LogP contribution is -2.37. The molecule has 2 heterocycles. The number of pyridine rings is 1. The van der Waals surface area contributed by atoms with Crippen LogP contribution in [0.15, 0.2) is 36.7 Å². The number of nitrogens with zero attached hydrogens (tertiary/aromatic N) is 4. The molecule has 0 radical (unpaired) electrons. The first-order chi connectivity index (χ1) is 11.8. The van der Waals surface area contributed by atoms with E-state index in [2.05, 4.69) is 17.0 Å². The Balaban J connectivity index is 1.62. The lowest BCUT2D eigenvalue weighted by atomic mass is 10.1. The fourth-order valence-electron chi connectivity index (χ4n) is 3.83. The van der Waals surface area contributed by atoms with Crippen molar-refractivity contribution in [3.63, 3.8) is 0 Å². The molecule has 0 saturated heterocycles. The molecule has 0 spiro atoms. The molecule has 5 heteroatoms. The van der Waals surface area contributed by atoms with Gasteiger partial charge in [-0.1, -0.05) is 18.9 Å². The van der Waals surface area contributed by atoms with E-state index in [0.29, 0.717) is 12.1 Å². The first-order valence-electron chi connectivity index (χ1n) is 9.03. The van der Waals surface area contributed by atoms with E-state index in [0.717, 1.165) is 37.1 Å². The standard InChI is InChI=1S/C19H24N4O/c1-14(17-8-4-5-12-20-17)22(15-9-10-15)19(24)18-11-13-21-23(18)16-6-2-3-7-16/h4-5,8,11-16H,2-3,6-7,9-10H2,1H3/t14-/m1/s1. The summed E-state index contributed by atoms with van der Waals surface area (Å²) < 4.78 is 1.97. The molecule has 4 rings (SSSR count). The molecule has 126 valence electrons. The Morgan fingerprint density at radius 3 is 2.62 bits per heavy atom. The van der Waals surface area contributed by atoms with Crippen LogP contribution in [0.5, 0.6) is 0 Å². The van der Waals surface area contributed by atoms with Crippen molar-refractivity contribution in [2.45, 2.75) is 63.6 Å². The topological polar surface area (TPSA) is 51.0 Å². The third-order valence-electron chi connectivity index (χ3n) is 5.27. The molecule has 2 aromatic heterocycles. The second-order valence-electron chi connectivity index (χ2n) is 6.97. The maximum atomic E-state index is 13.3. The van der Waals surface area contributed by atoms with Gasteiger partial charge in [0.25, 0.3) is 5.91 Å². The van der Waals surface area contributed by atoms with Crippen molar-refractivity contribution in [1.29, 1.82) is 0 Å². The molecule has 2 aromatic rings. The molecule has 1 amide bonds. The Morgan fingerprint density at radius 1 is 1.17 bits per heavy atom. The van der Waals surface area contributed by atoms with Crippen molar-refractivity contribution >= 4 is 5.91 Å². The quantitative estimate of drug-likeness (QED) is 0.841. The van der Waals surface area contributed by atoms with Gasteiger partial charge in [0.05, 0.1) is 17.8 Å². The smallest absolute Gasteiger partial charge is 0.272 e. The molecule has 2 aliphatic carbocycles. The summed E-state index contributed by atoms with van der Waals surface area (Å²) in [6.45, 7) is 2.08. The summed E-state index contributed by atoms with van der Waals surface area (Å²) in [6.07, 6.45) is 10.4.